The molecule has 154 valence electrons. The van der Waals surface area contributed by atoms with Crippen molar-refractivity contribution in [3.63, 3.8) is 0 Å². The molecule has 1 saturated heterocycles. The second kappa shape index (κ2) is 10.5. The van der Waals surface area contributed by atoms with E-state index in [4.69, 9.17) is 5.73 Å². The lowest BCUT2D eigenvalue weighted by molar-refractivity contribution is -0.137. The third-order valence-electron chi connectivity index (χ3n) is 4.76. The molecular weight excluding hydrogens is 468 g/mol. The molecule has 1 heterocycles. The summed E-state index contributed by atoms with van der Waals surface area (Å²) >= 11 is 0. The first-order valence-corrected chi connectivity index (χ1v) is 9.09. The Hall–Kier alpha value is -1.03. The molecule has 0 radical (unpaired) electrons. The predicted molar refractivity (Wildman–Crippen MR) is 114 cm³/mol. The Bertz CT molecular complexity index is 602. The zero-order valence-electron chi connectivity index (χ0n) is 16.1. The van der Waals surface area contributed by atoms with Crippen LogP contribution < -0.4 is 11.1 Å². The molecule has 0 bridgehead atoms. The Morgan fingerprint density at radius 2 is 1.93 bits per heavy atom. The number of rotatable bonds is 5. The van der Waals surface area contributed by atoms with E-state index in [0.29, 0.717) is 25.0 Å². The van der Waals surface area contributed by atoms with Crippen LogP contribution in [0.15, 0.2) is 29.3 Å². The van der Waals surface area contributed by atoms with E-state index in [2.05, 4.69) is 29.1 Å². The number of likely N-dealkylation sites (tertiary alicyclic amines) is 1. The summed E-state index contributed by atoms with van der Waals surface area (Å²) in [4.78, 5) is 6.52. The molecule has 27 heavy (non-hydrogen) atoms. The highest BCUT2D eigenvalue weighted by Crippen LogP contribution is 2.36. The van der Waals surface area contributed by atoms with Crippen LogP contribution in [0.3, 0.4) is 0 Å². The lowest BCUT2D eigenvalue weighted by Crippen LogP contribution is -2.43. The number of hydrogen-bond acceptors (Lipinski definition) is 2. The summed E-state index contributed by atoms with van der Waals surface area (Å²) in [6, 6.07) is 5.59. The van der Waals surface area contributed by atoms with Crippen LogP contribution in [0.2, 0.25) is 0 Å². The number of nitrogens with one attached hydrogen (secondary N) is 1. The summed E-state index contributed by atoms with van der Waals surface area (Å²) in [5.41, 5.74) is 6.22. The van der Waals surface area contributed by atoms with E-state index in [1.807, 2.05) is 7.05 Å². The molecule has 0 aromatic heterocycles. The lowest BCUT2D eigenvalue weighted by Gasteiger charge is -2.40. The van der Waals surface area contributed by atoms with Crippen molar-refractivity contribution >= 4 is 29.9 Å². The average Bonchev–Trinajstić information content (AvgIpc) is 2.57. The zero-order valence-corrected chi connectivity index (χ0v) is 18.4. The largest absolute Gasteiger partial charge is 0.416 e. The Morgan fingerprint density at radius 3 is 2.48 bits per heavy atom. The monoisotopic (exact) mass is 498 g/mol. The normalized spacial score (nSPS) is 21.8. The van der Waals surface area contributed by atoms with Crippen LogP contribution >= 0.6 is 24.0 Å². The van der Waals surface area contributed by atoms with Gasteiger partial charge in [0.05, 0.1) is 5.56 Å². The van der Waals surface area contributed by atoms with Gasteiger partial charge in [0.25, 0.3) is 0 Å². The highest BCUT2D eigenvalue weighted by Gasteiger charge is 2.33. The van der Waals surface area contributed by atoms with Crippen LogP contribution in [0, 0.1) is 11.8 Å². The van der Waals surface area contributed by atoms with Crippen molar-refractivity contribution in [3.05, 3.63) is 35.4 Å². The van der Waals surface area contributed by atoms with Crippen molar-refractivity contribution in [2.75, 3.05) is 26.7 Å². The van der Waals surface area contributed by atoms with Crippen LogP contribution in [0.4, 0.5) is 13.2 Å². The summed E-state index contributed by atoms with van der Waals surface area (Å²) in [6.45, 7) is 6.41. The number of halogens is 4. The van der Waals surface area contributed by atoms with E-state index < -0.39 is 11.7 Å². The topological polar surface area (TPSA) is 53.6 Å². The van der Waals surface area contributed by atoms with E-state index in [1.165, 1.54) is 12.1 Å². The maximum Gasteiger partial charge on any atom is 0.416 e. The van der Waals surface area contributed by atoms with E-state index in [0.717, 1.165) is 24.9 Å². The van der Waals surface area contributed by atoms with Gasteiger partial charge in [0.2, 0.25) is 0 Å². The fourth-order valence-corrected chi connectivity index (χ4v) is 3.44. The van der Waals surface area contributed by atoms with E-state index in [9.17, 15) is 13.2 Å². The number of aliphatic imine (C=N–C) groups is 1. The van der Waals surface area contributed by atoms with Crippen molar-refractivity contribution in [3.8, 4) is 0 Å². The van der Waals surface area contributed by atoms with Gasteiger partial charge in [-0.1, -0.05) is 26.0 Å². The molecule has 3 N–H and O–H groups in total. The van der Waals surface area contributed by atoms with Gasteiger partial charge in [-0.15, -0.1) is 24.0 Å². The van der Waals surface area contributed by atoms with E-state index >= 15 is 0 Å². The van der Waals surface area contributed by atoms with Crippen molar-refractivity contribution in [2.24, 2.45) is 22.6 Å². The number of nitrogens with two attached hydrogens (primary N) is 1. The second-order valence-electron chi connectivity index (χ2n) is 7.45. The Labute approximate surface area is 176 Å². The Balaban J connectivity index is 0.00000364. The molecule has 1 aromatic carbocycles. The minimum Gasteiger partial charge on any atom is -0.370 e. The highest BCUT2D eigenvalue weighted by atomic mass is 127. The minimum absolute atomic E-state index is 0. The first-order chi connectivity index (χ1) is 12.2. The van der Waals surface area contributed by atoms with Crippen molar-refractivity contribution in [1.82, 2.24) is 10.2 Å². The maximum atomic E-state index is 12.8. The molecule has 0 amide bonds. The van der Waals surface area contributed by atoms with Gasteiger partial charge in [0, 0.05) is 19.1 Å². The van der Waals surface area contributed by atoms with E-state index in [1.54, 1.807) is 12.1 Å². The highest BCUT2D eigenvalue weighted by molar-refractivity contribution is 14.0. The third-order valence-corrected chi connectivity index (χ3v) is 4.76. The molecule has 1 aromatic rings. The summed E-state index contributed by atoms with van der Waals surface area (Å²) in [7, 11) is 2.02. The average molecular weight is 498 g/mol. The van der Waals surface area contributed by atoms with Crippen molar-refractivity contribution in [1.29, 1.82) is 0 Å². The summed E-state index contributed by atoms with van der Waals surface area (Å²) < 4.78 is 38.4. The molecule has 0 saturated carbocycles. The Kier molecular flexibility index (Phi) is 9.33. The molecule has 1 aliphatic heterocycles. The third kappa shape index (κ3) is 7.14. The molecule has 1 aliphatic rings. The summed E-state index contributed by atoms with van der Waals surface area (Å²) in [5, 5.41) is 3.18. The number of guanidine groups is 1. The van der Waals surface area contributed by atoms with Crippen LogP contribution in [0.5, 0.6) is 0 Å². The molecule has 0 spiro atoms. The smallest absolute Gasteiger partial charge is 0.370 e. The summed E-state index contributed by atoms with van der Waals surface area (Å²) in [5.74, 6) is 1.13. The second-order valence-corrected chi connectivity index (χ2v) is 7.45. The number of alkyl halides is 3. The van der Waals surface area contributed by atoms with Crippen LogP contribution in [0.25, 0.3) is 0 Å². The standard InChI is InChI=1S/C19H29F3N4.HI/c1-13(2)11-24-18(23)25-12-15-5-4-10-26(3)17(15)14-6-8-16(9-7-14)19(20,21)22;/h6-9,13,15,17H,4-5,10-12H2,1-3H3,(H3,23,24,25);1H. The molecule has 2 unspecified atom stereocenters. The van der Waals surface area contributed by atoms with Gasteiger partial charge >= 0.3 is 6.18 Å². The van der Waals surface area contributed by atoms with Gasteiger partial charge in [0.15, 0.2) is 5.96 Å². The van der Waals surface area contributed by atoms with Crippen LogP contribution in [-0.2, 0) is 6.18 Å². The molecule has 0 aliphatic carbocycles. The van der Waals surface area contributed by atoms with Gasteiger partial charge in [-0.25, -0.2) is 0 Å². The summed E-state index contributed by atoms with van der Waals surface area (Å²) in [6.07, 6.45) is -2.25. The minimum atomic E-state index is -4.31. The van der Waals surface area contributed by atoms with E-state index in [-0.39, 0.29) is 35.9 Å². The van der Waals surface area contributed by atoms with Crippen LogP contribution in [-0.4, -0.2) is 37.5 Å². The predicted octanol–water partition coefficient (Wildman–Crippen LogP) is 4.27. The maximum absolute atomic E-state index is 12.8. The molecular formula is C19H30F3IN4. The van der Waals surface area contributed by atoms with Crippen LogP contribution in [0.1, 0.15) is 43.9 Å². The molecule has 1 fully saturated rings. The number of piperidine rings is 1. The molecule has 8 heteroatoms. The molecule has 2 atom stereocenters. The van der Waals surface area contributed by atoms with Gasteiger partial charge in [-0.3, -0.25) is 9.89 Å². The number of nitrogens with zero attached hydrogens (tertiary/aromatic N) is 2. The number of benzene rings is 1. The van der Waals surface area contributed by atoms with Gasteiger partial charge < -0.3 is 11.1 Å². The number of hydrogen-bond donors (Lipinski definition) is 2. The quantitative estimate of drug-likeness (QED) is 0.363. The lowest BCUT2D eigenvalue weighted by atomic mass is 9.84. The van der Waals surface area contributed by atoms with Gasteiger partial charge in [-0.2, -0.15) is 13.2 Å². The first-order valence-electron chi connectivity index (χ1n) is 9.09. The fourth-order valence-electron chi connectivity index (χ4n) is 3.44. The first kappa shape index (κ1) is 24.0. The fraction of sp³-hybridized carbons (Fsp3) is 0.632. The Morgan fingerprint density at radius 1 is 1.30 bits per heavy atom. The molecule has 4 nitrogen and oxygen atoms in total. The van der Waals surface area contributed by atoms with Crippen molar-refractivity contribution < 1.29 is 13.2 Å². The zero-order chi connectivity index (χ0) is 19.3. The van der Waals surface area contributed by atoms with Crippen molar-refractivity contribution in [2.45, 2.75) is 38.9 Å². The SMILES string of the molecule is CC(C)CN=C(N)NCC1CCCN(C)C1c1ccc(C(F)(F)F)cc1.I. The molecule has 2 rings (SSSR count). The van der Waals surface area contributed by atoms with Gasteiger partial charge in [-0.05, 0) is 56.0 Å². The van der Waals surface area contributed by atoms with Gasteiger partial charge in [0.1, 0.15) is 0 Å².